The van der Waals surface area contributed by atoms with Gasteiger partial charge in [0.15, 0.2) is 0 Å². The SMILES string of the molecule is CCOC(=O)C1(COc2cc3c(cc2SC)N(c2cccc(F)c2)C[C@H](CCC(C)(F)F)[C@H](F)S3(=O)=O)CC1. The van der Waals surface area contributed by atoms with E-state index in [1.54, 1.807) is 19.2 Å². The summed E-state index contributed by atoms with van der Waals surface area (Å²) >= 11 is 1.25. The summed E-state index contributed by atoms with van der Waals surface area (Å²) in [7, 11) is -4.66. The van der Waals surface area contributed by atoms with Crippen LogP contribution >= 0.6 is 11.8 Å². The standard InChI is InChI=1S/C27H31F4NO5S2/c1-4-36-25(33)27(10-11-27)16-37-21-14-23-20(13-22(21)38-3)32(19-7-5-6-18(28)12-19)15-17(8-9-26(2,30)31)24(29)39(23,34)35/h5-7,12-14,17,24H,4,8-11,15-16H2,1-3H3/t17-,24+/m0/s1. The van der Waals surface area contributed by atoms with E-state index >= 15 is 4.39 Å². The van der Waals surface area contributed by atoms with Gasteiger partial charge in [-0.2, -0.15) is 0 Å². The van der Waals surface area contributed by atoms with Crippen LogP contribution in [0.25, 0.3) is 0 Å². The Labute approximate surface area is 230 Å². The van der Waals surface area contributed by atoms with Crippen LogP contribution in [0.5, 0.6) is 5.75 Å². The van der Waals surface area contributed by atoms with E-state index in [1.807, 2.05) is 0 Å². The second-order valence-corrected chi connectivity index (χ2v) is 12.9. The van der Waals surface area contributed by atoms with Gasteiger partial charge in [0.2, 0.25) is 21.3 Å². The highest BCUT2D eigenvalue weighted by molar-refractivity contribution is 7.98. The molecule has 0 bridgehead atoms. The number of benzene rings is 2. The zero-order valence-corrected chi connectivity index (χ0v) is 23.5. The molecule has 1 aliphatic heterocycles. The number of thioether (sulfide) groups is 1. The first-order chi connectivity index (χ1) is 18.3. The number of hydrogen-bond donors (Lipinski definition) is 0. The maximum atomic E-state index is 15.8. The molecule has 2 aromatic rings. The Hall–Kier alpha value is -2.47. The average Bonchev–Trinajstić information content (AvgIpc) is 3.68. The van der Waals surface area contributed by atoms with Crippen LogP contribution in [0, 0.1) is 17.2 Å². The molecule has 0 aromatic heterocycles. The van der Waals surface area contributed by atoms with Gasteiger partial charge in [0, 0.05) is 30.6 Å². The Bertz CT molecular complexity index is 1330. The van der Waals surface area contributed by atoms with Gasteiger partial charge in [0.25, 0.3) is 0 Å². The number of carbonyl (C=O) groups is 1. The fourth-order valence-corrected chi connectivity index (χ4v) is 6.89. The smallest absolute Gasteiger partial charge is 0.315 e. The zero-order chi connectivity index (χ0) is 28.6. The number of ether oxygens (including phenoxy) is 2. The van der Waals surface area contributed by atoms with Crippen molar-refractivity contribution in [2.75, 3.05) is 30.9 Å². The molecule has 1 saturated carbocycles. The van der Waals surface area contributed by atoms with Gasteiger partial charge in [-0.05, 0) is 63.6 Å². The van der Waals surface area contributed by atoms with E-state index in [-0.39, 0.29) is 41.8 Å². The maximum absolute atomic E-state index is 15.8. The molecule has 2 atom stereocenters. The van der Waals surface area contributed by atoms with Crippen LogP contribution in [-0.4, -0.2) is 51.8 Å². The number of alkyl halides is 3. The lowest BCUT2D eigenvalue weighted by Gasteiger charge is -2.29. The van der Waals surface area contributed by atoms with Crippen molar-refractivity contribution in [2.45, 2.75) is 60.7 Å². The molecule has 214 valence electrons. The number of fused-ring (bicyclic) bond motifs is 1. The Morgan fingerprint density at radius 2 is 1.95 bits per heavy atom. The Balaban J connectivity index is 1.79. The summed E-state index contributed by atoms with van der Waals surface area (Å²) in [6.45, 7) is 2.31. The molecular formula is C27H31F4NO5S2. The number of sulfone groups is 1. The van der Waals surface area contributed by atoms with Crippen molar-refractivity contribution in [2.24, 2.45) is 11.3 Å². The molecule has 0 saturated heterocycles. The summed E-state index contributed by atoms with van der Waals surface area (Å²) in [5.41, 5.74) is -2.94. The first kappa shape index (κ1) is 29.5. The fraction of sp³-hybridized carbons (Fsp3) is 0.519. The van der Waals surface area contributed by atoms with E-state index in [4.69, 9.17) is 9.47 Å². The van der Waals surface area contributed by atoms with Crippen LogP contribution in [-0.2, 0) is 19.4 Å². The third-order valence-electron chi connectivity index (χ3n) is 7.07. The third kappa shape index (κ3) is 6.32. The van der Waals surface area contributed by atoms with E-state index < -0.39 is 57.2 Å². The molecule has 39 heavy (non-hydrogen) atoms. The average molecular weight is 590 g/mol. The van der Waals surface area contributed by atoms with Crippen molar-refractivity contribution < 1.29 is 40.2 Å². The molecule has 6 nitrogen and oxygen atoms in total. The second-order valence-electron chi connectivity index (χ2n) is 10.1. The van der Waals surface area contributed by atoms with Crippen LogP contribution in [0.1, 0.15) is 39.5 Å². The maximum Gasteiger partial charge on any atom is 0.315 e. The third-order valence-corrected chi connectivity index (χ3v) is 9.74. The predicted octanol–water partition coefficient (Wildman–Crippen LogP) is 6.54. The van der Waals surface area contributed by atoms with Gasteiger partial charge in [-0.25, -0.2) is 26.0 Å². The van der Waals surface area contributed by atoms with Gasteiger partial charge in [-0.15, -0.1) is 11.8 Å². The minimum absolute atomic E-state index is 0.0426. The van der Waals surface area contributed by atoms with E-state index in [9.17, 15) is 26.4 Å². The summed E-state index contributed by atoms with van der Waals surface area (Å²) in [6, 6.07) is 8.11. The van der Waals surface area contributed by atoms with Gasteiger partial charge in [0.05, 0.1) is 22.1 Å². The number of carbonyl (C=O) groups excluding carboxylic acids is 1. The number of esters is 1. The zero-order valence-electron chi connectivity index (χ0n) is 21.9. The van der Waals surface area contributed by atoms with Crippen molar-refractivity contribution in [3.63, 3.8) is 0 Å². The molecular weight excluding hydrogens is 558 g/mol. The van der Waals surface area contributed by atoms with Crippen molar-refractivity contribution in [3.05, 3.63) is 42.2 Å². The van der Waals surface area contributed by atoms with Crippen LogP contribution in [0.3, 0.4) is 0 Å². The topological polar surface area (TPSA) is 72.9 Å². The Kier molecular flexibility index (Phi) is 8.47. The van der Waals surface area contributed by atoms with Gasteiger partial charge >= 0.3 is 5.97 Å². The molecule has 1 fully saturated rings. The van der Waals surface area contributed by atoms with E-state index in [2.05, 4.69) is 0 Å². The number of nitrogens with zero attached hydrogens (tertiary/aromatic N) is 1. The molecule has 1 aliphatic carbocycles. The molecule has 2 aliphatic rings. The minimum atomic E-state index is -4.66. The van der Waals surface area contributed by atoms with Gasteiger partial charge in [-0.1, -0.05) is 6.07 Å². The monoisotopic (exact) mass is 589 g/mol. The number of halogens is 4. The van der Waals surface area contributed by atoms with Gasteiger partial charge in [-0.3, -0.25) is 4.79 Å². The Morgan fingerprint density at radius 1 is 1.23 bits per heavy atom. The largest absolute Gasteiger partial charge is 0.491 e. The highest BCUT2D eigenvalue weighted by Gasteiger charge is 2.52. The summed E-state index contributed by atoms with van der Waals surface area (Å²) in [4.78, 5) is 14.0. The van der Waals surface area contributed by atoms with Crippen LogP contribution in [0.4, 0.5) is 28.9 Å². The van der Waals surface area contributed by atoms with E-state index in [1.165, 1.54) is 47.0 Å². The first-order valence-electron chi connectivity index (χ1n) is 12.6. The normalized spacial score (nSPS) is 21.6. The molecule has 4 rings (SSSR count). The first-order valence-corrected chi connectivity index (χ1v) is 15.4. The van der Waals surface area contributed by atoms with Crippen molar-refractivity contribution in [3.8, 4) is 5.75 Å². The molecule has 0 spiro atoms. The summed E-state index contributed by atoms with van der Waals surface area (Å²) in [6.07, 6.45) is 1.76. The fourth-order valence-electron chi connectivity index (χ4n) is 4.64. The lowest BCUT2D eigenvalue weighted by Crippen LogP contribution is -2.32. The highest BCUT2D eigenvalue weighted by atomic mass is 32.2. The molecule has 0 unspecified atom stereocenters. The predicted molar refractivity (Wildman–Crippen MR) is 141 cm³/mol. The summed E-state index contributed by atoms with van der Waals surface area (Å²) < 4.78 is 95.5. The summed E-state index contributed by atoms with van der Waals surface area (Å²) in [5.74, 6) is -5.26. The Morgan fingerprint density at radius 3 is 2.54 bits per heavy atom. The number of anilines is 2. The van der Waals surface area contributed by atoms with Crippen LogP contribution in [0.15, 0.2) is 46.2 Å². The minimum Gasteiger partial charge on any atom is -0.491 e. The van der Waals surface area contributed by atoms with E-state index in [0.717, 1.165) is 0 Å². The molecule has 12 heteroatoms. The molecule has 0 radical (unpaired) electrons. The van der Waals surface area contributed by atoms with Crippen molar-refractivity contribution >= 4 is 38.9 Å². The lowest BCUT2D eigenvalue weighted by atomic mass is 10.0. The van der Waals surface area contributed by atoms with Crippen LogP contribution < -0.4 is 9.64 Å². The molecule has 0 N–H and O–H groups in total. The number of rotatable bonds is 10. The van der Waals surface area contributed by atoms with Crippen LogP contribution in [0.2, 0.25) is 0 Å². The highest BCUT2D eigenvalue weighted by Crippen LogP contribution is 2.49. The summed E-state index contributed by atoms with van der Waals surface area (Å²) in [5, 5.41) is 0. The second kappa shape index (κ2) is 11.2. The molecule has 2 aromatic carbocycles. The number of hydrogen-bond acceptors (Lipinski definition) is 7. The van der Waals surface area contributed by atoms with Gasteiger partial charge < -0.3 is 14.4 Å². The molecule has 0 amide bonds. The molecule has 1 heterocycles. The van der Waals surface area contributed by atoms with Crippen molar-refractivity contribution in [1.82, 2.24) is 0 Å². The quantitative estimate of drug-likeness (QED) is 0.177. The van der Waals surface area contributed by atoms with E-state index in [0.29, 0.717) is 24.7 Å². The van der Waals surface area contributed by atoms with Gasteiger partial charge in [0.1, 0.15) is 23.6 Å². The lowest BCUT2D eigenvalue weighted by molar-refractivity contribution is -0.150. The van der Waals surface area contributed by atoms with Crippen molar-refractivity contribution in [1.29, 1.82) is 0 Å².